The van der Waals surface area contributed by atoms with Gasteiger partial charge in [0.25, 0.3) is 5.92 Å². The Balaban J connectivity index is 1.42. The standard InChI is InChI=1S/C35H39F4N5O5S/c1-6-35(38,39)20-50(46,47)19-27-24-10-9-21(2)30(25(24)11-12-28(27)37)48-31-26(8-7-14-40-31)29-13-15-41-32(43-29)42-23-16-22(36)17-44(18-23)33(45)49-34(3,4)5/h7-15,22-23H,6,16-20H2,1-5H3,(H,41,42,43)/t22-,23-/m1/s1. The third kappa shape index (κ3) is 8.97. The van der Waals surface area contributed by atoms with E-state index in [4.69, 9.17) is 9.47 Å². The number of nitrogens with one attached hydrogen (secondary N) is 1. The Kier molecular flexibility index (Phi) is 10.6. The highest BCUT2D eigenvalue weighted by Crippen LogP contribution is 2.39. The van der Waals surface area contributed by atoms with Crippen molar-refractivity contribution in [3.8, 4) is 22.9 Å². The lowest BCUT2D eigenvalue weighted by atomic mass is 10.0. The van der Waals surface area contributed by atoms with Gasteiger partial charge in [0, 0.05) is 48.8 Å². The first-order valence-electron chi connectivity index (χ1n) is 16.1. The van der Waals surface area contributed by atoms with Crippen LogP contribution in [0.15, 0.2) is 54.9 Å². The molecular formula is C35H39F4N5O5S. The highest BCUT2D eigenvalue weighted by molar-refractivity contribution is 7.90. The molecule has 1 amide bonds. The van der Waals surface area contributed by atoms with Crippen molar-refractivity contribution in [2.75, 3.05) is 24.2 Å². The molecule has 0 spiro atoms. The Morgan fingerprint density at radius 2 is 1.78 bits per heavy atom. The molecule has 10 nitrogen and oxygen atoms in total. The van der Waals surface area contributed by atoms with E-state index in [-0.39, 0.29) is 48.0 Å². The minimum atomic E-state index is -4.39. The first kappa shape index (κ1) is 36.7. The van der Waals surface area contributed by atoms with E-state index in [2.05, 4.69) is 20.3 Å². The molecule has 2 atom stereocenters. The molecule has 1 fully saturated rings. The van der Waals surface area contributed by atoms with Crippen molar-refractivity contribution in [2.45, 2.75) is 77.0 Å². The first-order valence-corrected chi connectivity index (χ1v) is 17.9. The molecular weight excluding hydrogens is 678 g/mol. The Bertz CT molecular complexity index is 1990. The van der Waals surface area contributed by atoms with E-state index in [0.717, 1.165) is 6.07 Å². The Labute approximate surface area is 288 Å². The van der Waals surface area contributed by atoms with Gasteiger partial charge in [0.05, 0.1) is 23.6 Å². The fourth-order valence-corrected chi connectivity index (χ4v) is 7.32. The highest BCUT2D eigenvalue weighted by atomic mass is 32.2. The van der Waals surface area contributed by atoms with Crippen LogP contribution in [-0.2, 0) is 20.3 Å². The van der Waals surface area contributed by atoms with Gasteiger partial charge in [0.2, 0.25) is 11.8 Å². The normalized spacial score (nSPS) is 17.1. The van der Waals surface area contributed by atoms with E-state index in [1.165, 1.54) is 36.4 Å². The van der Waals surface area contributed by atoms with Crippen molar-refractivity contribution in [1.29, 1.82) is 0 Å². The summed E-state index contributed by atoms with van der Waals surface area (Å²) in [6, 6.07) is 10.2. The molecule has 1 aliphatic rings. The number of alkyl halides is 3. The van der Waals surface area contributed by atoms with E-state index in [1.54, 1.807) is 52.0 Å². The predicted octanol–water partition coefficient (Wildman–Crippen LogP) is 7.65. The third-order valence-corrected chi connectivity index (χ3v) is 9.59. The van der Waals surface area contributed by atoms with Crippen LogP contribution in [0, 0.1) is 12.7 Å². The monoisotopic (exact) mass is 717 g/mol. The Morgan fingerprint density at radius 3 is 2.50 bits per heavy atom. The number of carbonyl (C=O) groups is 1. The lowest BCUT2D eigenvalue weighted by molar-refractivity contribution is 0.0123. The first-order chi connectivity index (χ1) is 23.4. The van der Waals surface area contributed by atoms with Crippen LogP contribution in [0.1, 0.15) is 51.7 Å². The zero-order chi connectivity index (χ0) is 36.4. The summed E-state index contributed by atoms with van der Waals surface area (Å²) < 4.78 is 95.0. The summed E-state index contributed by atoms with van der Waals surface area (Å²) in [5.41, 5.74) is 0.487. The fourth-order valence-electron chi connectivity index (χ4n) is 5.64. The Morgan fingerprint density at radius 1 is 1.04 bits per heavy atom. The maximum absolute atomic E-state index is 15.1. The van der Waals surface area contributed by atoms with Crippen LogP contribution in [0.2, 0.25) is 0 Å². The molecule has 4 aromatic rings. The number of hydrogen-bond acceptors (Lipinski definition) is 9. The minimum Gasteiger partial charge on any atom is -0.444 e. The zero-order valence-electron chi connectivity index (χ0n) is 28.3. The van der Waals surface area contributed by atoms with E-state index in [9.17, 15) is 26.4 Å². The van der Waals surface area contributed by atoms with Gasteiger partial charge in [-0.25, -0.2) is 45.7 Å². The molecule has 1 N–H and O–H groups in total. The van der Waals surface area contributed by atoms with E-state index in [0.29, 0.717) is 22.2 Å². The number of anilines is 1. The number of likely N-dealkylation sites (tertiary alicyclic amines) is 1. The van der Waals surface area contributed by atoms with Crippen molar-refractivity contribution in [1.82, 2.24) is 19.9 Å². The topological polar surface area (TPSA) is 124 Å². The number of sulfone groups is 1. The number of aryl methyl sites for hydroxylation is 1. The summed E-state index contributed by atoms with van der Waals surface area (Å²) in [5.74, 6) is -6.05. The molecule has 0 aliphatic carbocycles. The zero-order valence-corrected chi connectivity index (χ0v) is 29.2. The number of nitrogens with zero attached hydrogens (tertiary/aromatic N) is 4. The molecule has 0 unspecified atom stereocenters. The van der Waals surface area contributed by atoms with Crippen molar-refractivity contribution >= 4 is 32.7 Å². The largest absolute Gasteiger partial charge is 0.444 e. The molecule has 268 valence electrons. The number of aromatic nitrogens is 3. The smallest absolute Gasteiger partial charge is 0.410 e. The second-order valence-corrected chi connectivity index (χ2v) is 15.4. The van der Waals surface area contributed by atoms with Gasteiger partial charge in [-0.15, -0.1) is 0 Å². The summed E-state index contributed by atoms with van der Waals surface area (Å²) in [5, 5.41) is 3.66. The number of pyridine rings is 1. The highest BCUT2D eigenvalue weighted by Gasteiger charge is 2.35. The molecule has 2 aromatic heterocycles. The summed E-state index contributed by atoms with van der Waals surface area (Å²) >= 11 is 0. The van der Waals surface area contributed by atoms with Crippen molar-refractivity contribution in [3.05, 3.63) is 71.8 Å². The summed E-state index contributed by atoms with van der Waals surface area (Å²) in [6.07, 6.45) is 0.564. The van der Waals surface area contributed by atoms with Gasteiger partial charge < -0.3 is 19.7 Å². The maximum atomic E-state index is 15.1. The average molecular weight is 718 g/mol. The molecule has 1 saturated heterocycles. The van der Waals surface area contributed by atoms with E-state index < -0.39 is 63.4 Å². The molecule has 5 rings (SSSR count). The molecule has 3 heterocycles. The van der Waals surface area contributed by atoms with Crippen LogP contribution >= 0.6 is 0 Å². The second kappa shape index (κ2) is 14.4. The molecule has 1 aliphatic heterocycles. The van der Waals surface area contributed by atoms with Crippen LogP contribution in [0.25, 0.3) is 22.0 Å². The van der Waals surface area contributed by atoms with Gasteiger partial charge in [-0.3, -0.25) is 0 Å². The lowest BCUT2D eigenvalue weighted by Gasteiger charge is -2.36. The number of piperidine rings is 1. The average Bonchev–Trinajstić information content (AvgIpc) is 3.02. The SMILES string of the molecule is CCC(F)(F)CS(=O)(=O)Cc1c(F)ccc2c(Oc3ncccc3-c3ccnc(N[C@@H]4C[C@@H](F)CN(C(=O)OC(C)(C)C)C4)n3)c(C)ccc12. The number of benzene rings is 2. The lowest BCUT2D eigenvalue weighted by Crippen LogP contribution is -2.51. The number of halogens is 4. The van der Waals surface area contributed by atoms with Crippen LogP contribution in [0.4, 0.5) is 28.3 Å². The van der Waals surface area contributed by atoms with Crippen molar-refractivity contribution < 1.29 is 40.2 Å². The van der Waals surface area contributed by atoms with Gasteiger partial charge in [-0.2, -0.15) is 0 Å². The van der Waals surface area contributed by atoms with Crippen molar-refractivity contribution in [2.24, 2.45) is 0 Å². The summed E-state index contributed by atoms with van der Waals surface area (Å²) in [6.45, 7) is 8.23. The third-order valence-electron chi connectivity index (χ3n) is 8.00. The van der Waals surface area contributed by atoms with Gasteiger partial charge in [0.1, 0.15) is 29.1 Å². The van der Waals surface area contributed by atoms with Gasteiger partial charge in [0.15, 0.2) is 9.84 Å². The molecule has 2 aromatic carbocycles. The number of fused-ring (bicyclic) bond motifs is 1. The number of rotatable bonds is 10. The van der Waals surface area contributed by atoms with Crippen LogP contribution in [0.3, 0.4) is 0 Å². The van der Waals surface area contributed by atoms with Gasteiger partial charge in [-0.05, 0) is 69.0 Å². The molecule has 0 saturated carbocycles. The van der Waals surface area contributed by atoms with Crippen LogP contribution in [-0.4, -0.2) is 76.9 Å². The van der Waals surface area contributed by atoms with Gasteiger partial charge in [-0.1, -0.05) is 19.1 Å². The van der Waals surface area contributed by atoms with Crippen LogP contribution < -0.4 is 10.1 Å². The van der Waals surface area contributed by atoms with E-state index in [1.807, 2.05) is 0 Å². The van der Waals surface area contributed by atoms with Crippen LogP contribution in [0.5, 0.6) is 11.6 Å². The Hall–Kier alpha value is -4.53. The molecule has 0 radical (unpaired) electrons. The van der Waals surface area contributed by atoms with Crippen molar-refractivity contribution in [3.63, 3.8) is 0 Å². The summed E-state index contributed by atoms with van der Waals surface area (Å²) in [7, 11) is -4.39. The van der Waals surface area contributed by atoms with Gasteiger partial charge >= 0.3 is 6.09 Å². The molecule has 0 bridgehead atoms. The number of ether oxygens (including phenoxy) is 2. The predicted molar refractivity (Wildman–Crippen MR) is 181 cm³/mol. The quantitative estimate of drug-likeness (QED) is 0.165. The number of amides is 1. The fraction of sp³-hybridized carbons (Fsp3) is 0.429. The molecule has 50 heavy (non-hydrogen) atoms. The minimum absolute atomic E-state index is 0.0866. The second-order valence-electron chi connectivity index (χ2n) is 13.4. The molecule has 15 heteroatoms. The number of hydrogen-bond donors (Lipinski definition) is 1. The van der Waals surface area contributed by atoms with E-state index >= 15 is 4.39 Å². The summed E-state index contributed by atoms with van der Waals surface area (Å²) in [4.78, 5) is 27.2. The maximum Gasteiger partial charge on any atom is 0.410 e. The number of carbonyl (C=O) groups excluding carboxylic acids is 1.